The van der Waals surface area contributed by atoms with Crippen LogP contribution in [0.2, 0.25) is 0 Å². The van der Waals surface area contributed by atoms with Gasteiger partial charge in [0.05, 0.1) is 0 Å². The van der Waals surface area contributed by atoms with Crippen molar-refractivity contribution in [2.24, 2.45) is 0 Å². The highest BCUT2D eigenvalue weighted by Gasteiger charge is 2.20. The number of rotatable bonds is 3. The largest absolute Gasteiger partial charge is 0.507 e. The standard InChI is InChI=1S/C18H20F2OS.H2/c1-18(2,3)13-7-11(17(21)12(8-13)10-22)9-14-15(19)5-4-6-16(14)20;/h4-8,21-22H,9-10H2,1-3H3;1H. The average Bonchev–Trinajstić information content (AvgIpc) is 2.43. The second-order valence-electron chi connectivity index (χ2n) is 6.43. The molecule has 1 N–H and O–H groups in total. The third kappa shape index (κ3) is 3.43. The Morgan fingerprint density at radius 3 is 2.14 bits per heavy atom. The fraction of sp³-hybridized carbons (Fsp3) is 0.333. The number of hydrogen-bond donors (Lipinski definition) is 2. The van der Waals surface area contributed by atoms with Crippen LogP contribution in [0.15, 0.2) is 30.3 Å². The van der Waals surface area contributed by atoms with Crippen molar-refractivity contribution in [2.45, 2.75) is 38.4 Å². The molecule has 0 unspecified atom stereocenters. The normalized spacial score (nSPS) is 11.7. The number of benzene rings is 2. The maximum absolute atomic E-state index is 13.8. The quantitative estimate of drug-likeness (QED) is 0.740. The Morgan fingerprint density at radius 2 is 1.64 bits per heavy atom. The molecule has 2 rings (SSSR count). The summed E-state index contributed by atoms with van der Waals surface area (Å²) in [4.78, 5) is 0. The topological polar surface area (TPSA) is 20.2 Å². The van der Waals surface area contributed by atoms with E-state index in [-0.39, 0.29) is 24.6 Å². The van der Waals surface area contributed by atoms with E-state index in [1.807, 2.05) is 12.1 Å². The Hall–Kier alpha value is -1.55. The number of hydrogen-bond acceptors (Lipinski definition) is 2. The molecule has 0 aliphatic heterocycles. The molecule has 0 spiro atoms. The predicted octanol–water partition coefficient (Wildman–Crippen LogP) is 5.23. The molecule has 0 saturated carbocycles. The smallest absolute Gasteiger partial charge is 0.129 e. The summed E-state index contributed by atoms with van der Waals surface area (Å²) in [5.41, 5.74) is 2.02. The van der Waals surface area contributed by atoms with Crippen LogP contribution in [0.25, 0.3) is 0 Å². The van der Waals surface area contributed by atoms with Gasteiger partial charge in [-0.15, -0.1) is 0 Å². The zero-order valence-electron chi connectivity index (χ0n) is 13.0. The van der Waals surface area contributed by atoms with E-state index in [9.17, 15) is 13.9 Å². The molecule has 4 heteroatoms. The summed E-state index contributed by atoms with van der Waals surface area (Å²) < 4.78 is 27.7. The van der Waals surface area contributed by atoms with Crippen LogP contribution >= 0.6 is 12.6 Å². The fourth-order valence-electron chi connectivity index (χ4n) is 2.34. The van der Waals surface area contributed by atoms with E-state index in [2.05, 4.69) is 33.4 Å². The van der Waals surface area contributed by atoms with Gasteiger partial charge < -0.3 is 5.11 Å². The van der Waals surface area contributed by atoms with Crippen molar-refractivity contribution >= 4 is 12.6 Å². The van der Waals surface area contributed by atoms with Gasteiger partial charge in [0.25, 0.3) is 0 Å². The van der Waals surface area contributed by atoms with Crippen molar-refractivity contribution in [1.82, 2.24) is 0 Å². The summed E-state index contributed by atoms with van der Waals surface area (Å²) in [6.07, 6.45) is 0.00897. The van der Waals surface area contributed by atoms with Crippen LogP contribution in [0, 0.1) is 11.6 Å². The molecule has 22 heavy (non-hydrogen) atoms. The van der Waals surface area contributed by atoms with Gasteiger partial charge in [0.1, 0.15) is 17.4 Å². The Kier molecular flexibility index (Phi) is 4.81. The Balaban J connectivity index is 0.00000264. The van der Waals surface area contributed by atoms with Gasteiger partial charge in [0, 0.05) is 24.7 Å². The number of halogens is 2. The Labute approximate surface area is 136 Å². The van der Waals surface area contributed by atoms with Gasteiger partial charge in [0.15, 0.2) is 0 Å². The summed E-state index contributed by atoms with van der Waals surface area (Å²) in [5.74, 6) is -0.783. The Morgan fingerprint density at radius 1 is 1.09 bits per heavy atom. The molecule has 1 nitrogen and oxygen atoms in total. The summed E-state index contributed by atoms with van der Waals surface area (Å²) in [7, 11) is 0. The van der Waals surface area contributed by atoms with Crippen molar-refractivity contribution in [3.63, 3.8) is 0 Å². The first-order valence-electron chi connectivity index (χ1n) is 7.13. The molecule has 0 aromatic heterocycles. The summed E-state index contributed by atoms with van der Waals surface area (Å²) in [6, 6.07) is 7.49. The fourth-order valence-corrected chi connectivity index (χ4v) is 2.58. The molecule has 0 fully saturated rings. The molecule has 0 aliphatic carbocycles. The first-order chi connectivity index (χ1) is 10.2. The van der Waals surface area contributed by atoms with Crippen LogP contribution in [0.4, 0.5) is 8.78 Å². The van der Waals surface area contributed by atoms with Gasteiger partial charge in [0.2, 0.25) is 0 Å². The third-order valence-electron chi connectivity index (χ3n) is 3.73. The van der Waals surface area contributed by atoms with Crippen molar-refractivity contribution in [2.75, 3.05) is 0 Å². The molecule has 0 bridgehead atoms. The molecule has 0 aliphatic rings. The summed E-state index contributed by atoms with van der Waals surface area (Å²) in [6.45, 7) is 6.15. The minimum Gasteiger partial charge on any atom is -0.507 e. The molecule has 0 radical (unpaired) electrons. The molecule has 120 valence electrons. The number of thiol groups is 1. The van der Waals surface area contributed by atoms with Crippen molar-refractivity contribution in [1.29, 1.82) is 0 Å². The lowest BCUT2D eigenvalue weighted by atomic mass is 9.84. The minimum absolute atomic E-state index is 0. The van der Waals surface area contributed by atoms with Crippen LogP contribution in [-0.4, -0.2) is 5.11 Å². The van der Waals surface area contributed by atoms with Crippen molar-refractivity contribution in [3.05, 3.63) is 64.2 Å². The van der Waals surface area contributed by atoms with E-state index in [4.69, 9.17) is 0 Å². The molecule has 0 saturated heterocycles. The highest BCUT2D eigenvalue weighted by molar-refractivity contribution is 7.79. The van der Waals surface area contributed by atoms with E-state index < -0.39 is 11.6 Å². The van der Waals surface area contributed by atoms with E-state index in [1.54, 1.807) is 0 Å². The predicted molar refractivity (Wildman–Crippen MR) is 90.8 cm³/mol. The molecule has 2 aromatic carbocycles. The van der Waals surface area contributed by atoms with Crippen LogP contribution in [0.1, 0.15) is 44.5 Å². The molecule has 0 heterocycles. The van der Waals surface area contributed by atoms with E-state index in [1.165, 1.54) is 18.2 Å². The SMILES string of the molecule is CC(C)(C)c1cc(CS)c(O)c(Cc2c(F)cccc2F)c1.[HH]. The molecular weight excluding hydrogens is 302 g/mol. The second-order valence-corrected chi connectivity index (χ2v) is 6.74. The van der Waals surface area contributed by atoms with Gasteiger partial charge >= 0.3 is 0 Å². The first kappa shape index (κ1) is 16.8. The minimum atomic E-state index is -0.604. The van der Waals surface area contributed by atoms with E-state index in [0.717, 1.165) is 5.56 Å². The maximum atomic E-state index is 13.8. The number of phenols is 1. The van der Waals surface area contributed by atoms with Crippen LogP contribution in [0.5, 0.6) is 5.75 Å². The number of phenolic OH excluding ortho intramolecular Hbond substituents is 1. The van der Waals surface area contributed by atoms with Crippen LogP contribution in [-0.2, 0) is 17.6 Å². The van der Waals surface area contributed by atoms with Crippen LogP contribution in [0.3, 0.4) is 0 Å². The first-order valence-corrected chi connectivity index (χ1v) is 7.76. The van der Waals surface area contributed by atoms with Gasteiger partial charge in [-0.25, -0.2) is 8.78 Å². The van der Waals surface area contributed by atoms with Crippen molar-refractivity contribution < 1.29 is 15.3 Å². The zero-order valence-corrected chi connectivity index (χ0v) is 13.8. The van der Waals surface area contributed by atoms with Crippen molar-refractivity contribution in [3.8, 4) is 5.75 Å². The average molecular weight is 324 g/mol. The number of aromatic hydroxyl groups is 1. The van der Waals surface area contributed by atoms with E-state index >= 15 is 0 Å². The lowest BCUT2D eigenvalue weighted by Gasteiger charge is -2.22. The highest BCUT2D eigenvalue weighted by Crippen LogP contribution is 2.33. The molecule has 2 aromatic rings. The molecule has 0 amide bonds. The third-order valence-corrected chi connectivity index (χ3v) is 4.07. The van der Waals surface area contributed by atoms with Crippen LogP contribution < -0.4 is 0 Å². The van der Waals surface area contributed by atoms with Gasteiger partial charge in [-0.3, -0.25) is 0 Å². The molecular formula is C18H22F2OS. The highest BCUT2D eigenvalue weighted by atomic mass is 32.1. The lowest BCUT2D eigenvalue weighted by Crippen LogP contribution is -2.12. The van der Waals surface area contributed by atoms with Gasteiger partial charge in [-0.05, 0) is 28.7 Å². The Bertz CT molecular complexity index is 676. The monoisotopic (exact) mass is 324 g/mol. The van der Waals surface area contributed by atoms with E-state index in [0.29, 0.717) is 16.9 Å². The maximum Gasteiger partial charge on any atom is 0.129 e. The second kappa shape index (κ2) is 6.29. The zero-order chi connectivity index (χ0) is 16.5. The summed E-state index contributed by atoms with van der Waals surface area (Å²) in [5, 5.41) is 10.3. The molecule has 0 atom stereocenters. The lowest BCUT2D eigenvalue weighted by molar-refractivity contribution is 0.462. The summed E-state index contributed by atoms with van der Waals surface area (Å²) >= 11 is 4.23. The van der Waals surface area contributed by atoms with Gasteiger partial charge in [-0.2, -0.15) is 12.6 Å². The van der Waals surface area contributed by atoms with Gasteiger partial charge in [-0.1, -0.05) is 39.0 Å².